The minimum absolute atomic E-state index is 0.0710. The van der Waals surface area contributed by atoms with Crippen LogP contribution < -0.4 is 10.1 Å². The highest BCUT2D eigenvalue weighted by Gasteiger charge is 2.55. The first-order valence-corrected chi connectivity index (χ1v) is 9.50. The van der Waals surface area contributed by atoms with Gasteiger partial charge in [-0.15, -0.1) is 0 Å². The van der Waals surface area contributed by atoms with Crippen LogP contribution in [0.3, 0.4) is 0 Å². The number of imide groups is 1. The van der Waals surface area contributed by atoms with Crippen molar-refractivity contribution < 1.29 is 19.1 Å². The summed E-state index contributed by atoms with van der Waals surface area (Å²) in [5, 5.41) is 2.74. The number of amides is 4. The molecule has 0 unspecified atom stereocenters. The van der Waals surface area contributed by atoms with Gasteiger partial charge in [-0.2, -0.15) is 0 Å². The zero-order chi connectivity index (χ0) is 19.6. The lowest BCUT2D eigenvalue weighted by Gasteiger charge is -2.35. The molecule has 1 aliphatic carbocycles. The Morgan fingerprint density at radius 3 is 2.37 bits per heavy atom. The second-order valence-corrected chi connectivity index (χ2v) is 7.56. The van der Waals surface area contributed by atoms with Crippen molar-refractivity contribution in [3.05, 3.63) is 24.3 Å². The molecule has 7 nitrogen and oxygen atoms in total. The van der Waals surface area contributed by atoms with E-state index in [1.165, 1.54) is 4.90 Å². The van der Waals surface area contributed by atoms with Crippen LogP contribution in [-0.2, 0) is 9.59 Å². The molecule has 0 atom stereocenters. The molecule has 2 fully saturated rings. The fourth-order valence-electron chi connectivity index (χ4n) is 3.90. The Labute approximate surface area is 159 Å². The lowest BCUT2D eigenvalue weighted by molar-refractivity contribution is -0.136. The van der Waals surface area contributed by atoms with Gasteiger partial charge in [-0.05, 0) is 51.0 Å². The van der Waals surface area contributed by atoms with Gasteiger partial charge in [0.1, 0.15) is 17.8 Å². The molecule has 1 saturated heterocycles. The van der Waals surface area contributed by atoms with E-state index in [9.17, 15) is 14.4 Å². The van der Waals surface area contributed by atoms with Crippen molar-refractivity contribution in [3.8, 4) is 5.75 Å². The molecule has 1 aromatic rings. The molecule has 0 aromatic heterocycles. The number of benzene rings is 1. The fraction of sp³-hybridized carbons (Fsp3) is 0.550. The SMILES string of the molecule is CC(C)Oc1ccc(NC(=O)CN2C(=O)N(C)C3(CCCCC3)C2=O)cc1. The first-order valence-electron chi connectivity index (χ1n) is 9.50. The van der Waals surface area contributed by atoms with Crippen molar-refractivity contribution in [1.82, 2.24) is 9.80 Å². The van der Waals surface area contributed by atoms with E-state index in [-0.39, 0.29) is 18.6 Å². The Morgan fingerprint density at radius 2 is 1.78 bits per heavy atom. The normalized spacial score (nSPS) is 19.1. The maximum Gasteiger partial charge on any atom is 0.327 e. The summed E-state index contributed by atoms with van der Waals surface area (Å²) in [4.78, 5) is 40.5. The number of likely N-dealkylation sites (N-methyl/N-ethyl adjacent to an activating group) is 1. The number of carbonyl (C=O) groups is 3. The summed E-state index contributed by atoms with van der Waals surface area (Å²) in [6.07, 6.45) is 4.34. The molecule has 0 bridgehead atoms. The van der Waals surface area contributed by atoms with Crippen molar-refractivity contribution in [1.29, 1.82) is 0 Å². The maximum absolute atomic E-state index is 12.9. The van der Waals surface area contributed by atoms with Gasteiger partial charge in [0.15, 0.2) is 0 Å². The van der Waals surface area contributed by atoms with Crippen LogP contribution in [0.15, 0.2) is 24.3 Å². The minimum Gasteiger partial charge on any atom is -0.491 e. The highest BCUT2D eigenvalue weighted by atomic mass is 16.5. The largest absolute Gasteiger partial charge is 0.491 e. The van der Waals surface area contributed by atoms with E-state index in [0.29, 0.717) is 24.3 Å². The van der Waals surface area contributed by atoms with Crippen LogP contribution >= 0.6 is 0 Å². The zero-order valence-corrected chi connectivity index (χ0v) is 16.2. The summed E-state index contributed by atoms with van der Waals surface area (Å²) in [5.74, 6) is 0.0785. The second kappa shape index (κ2) is 7.58. The molecule has 1 spiro atoms. The summed E-state index contributed by atoms with van der Waals surface area (Å²) >= 11 is 0. The van der Waals surface area contributed by atoms with E-state index in [0.717, 1.165) is 24.2 Å². The van der Waals surface area contributed by atoms with Crippen molar-refractivity contribution in [2.24, 2.45) is 0 Å². The van der Waals surface area contributed by atoms with Crippen LogP contribution in [0.1, 0.15) is 46.0 Å². The van der Waals surface area contributed by atoms with Gasteiger partial charge in [-0.1, -0.05) is 19.3 Å². The number of urea groups is 1. The molecule has 0 radical (unpaired) electrons. The van der Waals surface area contributed by atoms with Crippen LogP contribution in [0.5, 0.6) is 5.75 Å². The molecule has 1 aliphatic heterocycles. The summed E-state index contributed by atoms with van der Waals surface area (Å²) < 4.78 is 5.57. The first-order chi connectivity index (χ1) is 12.8. The van der Waals surface area contributed by atoms with Gasteiger partial charge in [0.05, 0.1) is 6.10 Å². The van der Waals surface area contributed by atoms with Gasteiger partial charge in [-0.25, -0.2) is 4.79 Å². The van der Waals surface area contributed by atoms with Crippen molar-refractivity contribution in [2.75, 3.05) is 18.9 Å². The number of carbonyl (C=O) groups excluding carboxylic acids is 3. The summed E-state index contributed by atoms with van der Waals surface area (Å²) in [6.45, 7) is 3.61. The molecule has 1 heterocycles. The molecule has 3 rings (SSSR count). The molecule has 146 valence electrons. The van der Waals surface area contributed by atoms with Crippen LogP contribution in [0, 0.1) is 0 Å². The predicted molar refractivity (Wildman–Crippen MR) is 102 cm³/mol. The Balaban J connectivity index is 1.63. The molecule has 2 aliphatic rings. The Kier molecular flexibility index (Phi) is 5.39. The number of rotatable bonds is 5. The summed E-state index contributed by atoms with van der Waals surface area (Å²) in [6, 6.07) is 6.62. The van der Waals surface area contributed by atoms with Crippen LogP contribution in [-0.4, -0.2) is 52.9 Å². The van der Waals surface area contributed by atoms with Crippen LogP contribution in [0.4, 0.5) is 10.5 Å². The number of nitrogens with zero attached hydrogens (tertiary/aromatic N) is 2. The zero-order valence-electron chi connectivity index (χ0n) is 16.2. The fourth-order valence-corrected chi connectivity index (χ4v) is 3.90. The Morgan fingerprint density at radius 1 is 1.15 bits per heavy atom. The highest BCUT2D eigenvalue weighted by Crippen LogP contribution is 2.39. The molecule has 1 aromatic carbocycles. The average Bonchev–Trinajstić information content (AvgIpc) is 2.80. The molecular weight excluding hydrogens is 346 g/mol. The number of nitrogens with one attached hydrogen (secondary N) is 1. The third-order valence-electron chi connectivity index (χ3n) is 5.30. The standard InChI is InChI=1S/C20H27N3O4/c1-14(2)27-16-9-7-15(8-10-16)21-17(24)13-23-18(25)20(22(3)19(23)26)11-5-4-6-12-20/h7-10,14H,4-6,11-13H2,1-3H3,(H,21,24). The van der Waals surface area contributed by atoms with Gasteiger partial charge >= 0.3 is 6.03 Å². The van der Waals surface area contributed by atoms with E-state index < -0.39 is 17.5 Å². The second-order valence-electron chi connectivity index (χ2n) is 7.56. The van der Waals surface area contributed by atoms with Gasteiger partial charge in [-0.3, -0.25) is 14.5 Å². The molecule has 1 saturated carbocycles. The quantitative estimate of drug-likeness (QED) is 0.805. The average molecular weight is 373 g/mol. The van der Waals surface area contributed by atoms with Gasteiger partial charge in [0.25, 0.3) is 5.91 Å². The Bertz CT molecular complexity index is 723. The van der Waals surface area contributed by atoms with Crippen LogP contribution in [0.2, 0.25) is 0 Å². The smallest absolute Gasteiger partial charge is 0.327 e. The van der Waals surface area contributed by atoms with E-state index >= 15 is 0 Å². The molecule has 7 heteroatoms. The first kappa shape index (κ1) is 19.2. The van der Waals surface area contributed by atoms with Crippen molar-refractivity contribution in [2.45, 2.75) is 57.6 Å². The third kappa shape index (κ3) is 3.77. The van der Waals surface area contributed by atoms with E-state index in [1.807, 2.05) is 13.8 Å². The van der Waals surface area contributed by atoms with E-state index in [4.69, 9.17) is 4.74 Å². The number of anilines is 1. The van der Waals surface area contributed by atoms with Crippen LogP contribution in [0.25, 0.3) is 0 Å². The molecule has 27 heavy (non-hydrogen) atoms. The summed E-state index contributed by atoms with van der Waals surface area (Å²) in [5.41, 5.74) is -0.165. The summed E-state index contributed by atoms with van der Waals surface area (Å²) in [7, 11) is 1.66. The van der Waals surface area contributed by atoms with Crippen molar-refractivity contribution in [3.63, 3.8) is 0 Å². The number of hydrogen-bond acceptors (Lipinski definition) is 4. The van der Waals surface area contributed by atoms with Gasteiger partial charge in [0, 0.05) is 12.7 Å². The monoisotopic (exact) mass is 373 g/mol. The number of hydrogen-bond donors (Lipinski definition) is 1. The molecule has 1 N–H and O–H groups in total. The third-order valence-corrected chi connectivity index (χ3v) is 5.30. The molecule has 4 amide bonds. The topological polar surface area (TPSA) is 79.0 Å². The predicted octanol–water partition coefficient (Wildman–Crippen LogP) is 3.01. The van der Waals surface area contributed by atoms with E-state index in [1.54, 1.807) is 31.3 Å². The lowest BCUT2D eigenvalue weighted by atomic mass is 9.81. The maximum atomic E-state index is 12.9. The highest BCUT2D eigenvalue weighted by molar-refractivity contribution is 6.10. The minimum atomic E-state index is -0.758. The van der Waals surface area contributed by atoms with Gasteiger partial charge < -0.3 is 15.0 Å². The Hall–Kier alpha value is -2.57. The van der Waals surface area contributed by atoms with E-state index in [2.05, 4.69) is 5.32 Å². The number of ether oxygens (including phenoxy) is 1. The van der Waals surface area contributed by atoms with Gasteiger partial charge in [0.2, 0.25) is 5.91 Å². The van der Waals surface area contributed by atoms with Crippen molar-refractivity contribution >= 4 is 23.5 Å². The lowest BCUT2D eigenvalue weighted by Crippen LogP contribution is -2.49. The molecular formula is C20H27N3O4.